The van der Waals surface area contributed by atoms with Crippen molar-refractivity contribution in [2.75, 3.05) is 26.2 Å². The fourth-order valence-corrected chi connectivity index (χ4v) is 4.76. The average Bonchev–Trinajstić information content (AvgIpc) is 2.69. The normalized spacial score (nSPS) is 29.6. The topological polar surface area (TPSA) is 6.25 Å². The Bertz CT molecular complexity index is 715. The minimum absolute atomic E-state index is 1.11. The van der Waals surface area contributed by atoms with Crippen molar-refractivity contribution in [1.29, 1.82) is 0 Å². The maximum absolute atomic E-state index is 2.60. The van der Waals surface area contributed by atoms with Crippen LogP contribution in [0.3, 0.4) is 0 Å². The van der Waals surface area contributed by atoms with Gasteiger partial charge >= 0.3 is 0 Å². The van der Waals surface area contributed by atoms with E-state index in [9.17, 15) is 0 Å². The fourth-order valence-electron chi connectivity index (χ4n) is 4.76. The molecule has 0 spiro atoms. The monoisotopic (exact) mass is 363 g/mol. The molecule has 0 N–H and O–H groups in total. The first-order valence-electron chi connectivity index (χ1n) is 11.1. The van der Waals surface area contributed by atoms with Crippen molar-refractivity contribution < 1.29 is 4.58 Å². The molecule has 0 fully saturated rings. The van der Waals surface area contributed by atoms with E-state index in [1.165, 1.54) is 89.4 Å². The van der Waals surface area contributed by atoms with Gasteiger partial charge in [-0.05, 0) is 75.0 Å². The molecule has 2 heteroatoms. The fraction of sp³-hybridized carbons (Fsp3) is 0.560. The molecule has 2 nitrogen and oxygen atoms in total. The predicted octanol–water partition coefficient (Wildman–Crippen LogP) is 5.55. The molecule has 27 heavy (non-hydrogen) atoms. The van der Waals surface area contributed by atoms with Crippen molar-refractivity contribution in [1.82, 2.24) is 4.90 Å². The van der Waals surface area contributed by atoms with Crippen LogP contribution in [0.2, 0.25) is 0 Å². The summed E-state index contributed by atoms with van der Waals surface area (Å²) in [6, 6.07) is 0. The van der Waals surface area contributed by atoms with Crippen molar-refractivity contribution in [3.05, 3.63) is 58.9 Å². The Balaban J connectivity index is 1.72. The van der Waals surface area contributed by atoms with E-state index in [1.807, 2.05) is 0 Å². The summed E-state index contributed by atoms with van der Waals surface area (Å²) in [4.78, 5) is 2.58. The minimum atomic E-state index is 1.11. The van der Waals surface area contributed by atoms with Crippen LogP contribution in [0.1, 0.15) is 64.2 Å². The molecule has 0 radical (unpaired) electrons. The number of fused-ring (bicyclic) bond motifs is 7. The summed E-state index contributed by atoms with van der Waals surface area (Å²) in [5, 5.41) is 0. The van der Waals surface area contributed by atoms with Gasteiger partial charge < -0.3 is 4.90 Å². The van der Waals surface area contributed by atoms with Crippen molar-refractivity contribution in [2.45, 2.75) is 64.2 Å². The van der Waals surface area contributed by atoms with E-state index in [-0.39, 0.29) is 0 Å². The number of nitrogens with zero attached hydrogens (tertiary/aromatic N) is 2. The van der Waals surface area contributed by atoms with E-state index in [1.54, 1.807) is 16.7 Å². The molecule has 0 aromatic rings. The quantitative estimate of drug-likeness (QED) is 0.404. The Morgan fingerprint density at radius 2 is 1.59 bits per heavy atom. The second kappa shape index (κ2) is 9.39. The van der Waals surface area contributed by atoms with Gasteiger partial charge in [-0.2, -0.15) is 0 Å². The molecule has 5 aliphatic heterocycles. The highest BCUT2D eigenvalue weighted by atomic mass is 15.1. The zero-order valence-electron chi connectivity index (χ0n) is 16.8. The van der Waals surface area contributed by atoms with E-state index in [0.29, 0.717) is 0 Å². The molecule has 6 bridgehead atoms. The summed E-state index contributed by atoms with van der Waals surface area (Å²) in [5.41, 5.74) is 6.38. The Morgan fingerprint density at radius 1 is 0.778 bits per heavy atom. The van der Waals surface area contributed by atoms with Crippen LogP contribution in [-0.4, -0.2) is 41.9 Å². The molecular weight excluding hydrogens is 328 g/mol. The van der Waals surface area contributed by atoms with Crippen LogP contribution < -0.4 is 0 Å². The highest BCUT2D eigenvalue weighted by molar-refractivity contribution is 5.77. The lowest BCUT2D eigenvalue weighted by Crippen LogP contribution is -2.28. The number of rotatable bonds is 0. The standard InChI is InChI=1S/C25H35N2/c1-2-6-11-16-27-19-22-12-8-4-3-7-10-15-26-17-14-25(24(18-22)21-27)23(20-26)13-9-5-1/h1,3-5,18-20H,2,6-17,21H2/q+1/b4-3-,5-1-. The van der Waals surface area contributed by atoms with Crippen LogP contribution in [0, 0.1) is 0 Å². The summed E-state index contributed by atoms with van der Waals surface area (Å²) in [6.45, 7) is 4.70. The maximum atomic E-state index is 2.60. The van der Waals surface area contributed by atoms with Gasteiger partial charge in [0.2, 0.25) is 0 Å². The molecule has 0 aromatic carbocycles. The molecule has 0 aliphatic carbocycles. The third kappa shape index (κ3) is 5.12. The summed E-state index contributed by atoms with van der Waals surface area (Å²) in [5.74, 6) is 0. The van der Waals surface area contributed by atoms with E-state index >= 15 is 0 Å². The highest BCUT2D eigenvalue weighted by Crippen LogP contribution is 2.31. The molecule has 0 aromatic heterocycles. The zero-order chi connectivity index (χ0) is 18.3. The summed E-state index contributed by atoms with van der Waals surface area (Å²) in [6.07, 6.45) is 29.4. The van der Waals surface area contributed by atoms with Crippen LogP contribution in [0.4, 0.5) is 0 Å². The Morgan fingerprint density at radius 3 is 2.52 bits per heavy atom. The summed E-state index contributed by atoms with van der Waals surface area (Å²) < 4.78 is 2.60. The maximum Gasteiger partial charge on any atom is 0.168 e. The van der Waals surface area contributed by atoms with Gasteiger partial charge in [-0.15, -0.1) is 0 Å². The minimum Gasteiger partial charge on any atom is -0.377 e. The lowest BCUT2D eigenvalue weighted by molar-refractivity contribution is -0.516. The number of hydrogen-bond acceptors (Lipinski definition) is 1. The second-order valence-corrected chi connectivity index (χ2v) is 8.42. The predicted molar refractivity (Wildman–Crippen MR) is 115 cm³/mol. The van der Waals surface area contributed by atoms with Gasteiger partial charge in [0, 0.05) is 36.9 Å². The van der Waals surface area contributed by atoms with Gasteiger partial charge in [0.1, 0.15) is 6.54 Å². The number of hydrogen-bond donors (Lipinski definition) is 0. The van der Waals surface area contributed by atoms with Crippen LogP contribution in [0.15, 0.2) is 58.9 Å². The van der Waals surface area contributed by atoms with Gasteiger partial charge in [0.25, 0.3) is 0 Å². The second-order valence-electron chi connectivity index (χ2n) is 8.42. The lowest BCUT2D eigenvalue weighted by Gasteiger charge is -2.30. The van der Waals surface area contributed by atoms with Crippen LogP contribution in [0.5, 0.6) is 0 Å². The summed E-state index contributed by atoms with van der Waals surface area (Å²) >= 11 is 0. The molecule has 144 valence electrons. The third-order valence-electron chi connectivity index (χ3n) is 6.24. The van der Waals surface area contributed by atoms with Crippen molar-refractivity contribution in [3.63, 3.8) is 0 Å². The van der Waals surface area contributed by atoms with Gasteiger partial charge in [-0.25, -0.2) is 4.58 Å². The number of allylic oxidation sites excluding steroid dienone is 6. The molecule has 0 unspecified atom stereocenters. The highest BCUT2D eigenvalue weighted by Gasteiger charge is 2.23. The Hall–Kier alpha value is -1.83. The van der Waals surface area contributed by atoms with E-state index in [4.69, 9.17) is 0 Å². The van der Waals surface area contributed by atoms with Crippen LogP contribution in [0.25, 0.3) is 0 Å². The molecule has 0 atom stereocenters. The first kappa shape index (κ1) is 18.5. The summed E-state index contributed by atoms with van der Waals surface area (Å²) in [7, 11) is 0. The van der Waals surface area contributed by atoms with Crippen molar-refractivity contribution in [2.24, 2.45) is 0 Å². The van der Waals surface area contributed by atoms with Gasteiger partial charge in [0.05, 0.1) is 0 Å². The van der Waals surface area contributed by atoms with Crippen molar-refractivity contribution >= 4 is 6.21 Å². The molecular formula is C25H35N2+. The van der Waals surface area contributed by atoms with Gasteiger partial charge in [0.15, 0.2) is 12.8 Å². The molecule has 0 saturated heterocycles. The first-order chi connectivity index (χ1) is 13.4. The molecule has 0 amide bonds. The molecule has 5 rings (SSSR count). The first-order valence-corrected chi connectivity index (χ1v) is 11.1. The smallest absolute Gasteiger partial charge is 0.168 e. The van der Waals surface area contributed by atoms with Crippen molar-refractivity contribution in [3.8, 4) is 0 Å². The molecule has 5 aliphatic rings. The lowest BCUT2D eigenvalue weighted by atomic mass is 9.89. The Labute approximate surface area is 165 Å². The van der Waals surface area contributed by atoms with E-state index < -0.39 is 0 Å². The van der Waals surface area contributed by atoms with Crippen LogP contribution in [-0.2, 0) is 0 Å². The average molecular weight is 364 g/mol. The zero-order valence-corrected chi connectivity index (χ0v) is 16.8. The Kier molecular flexibility index (Phi) is 6.45. The van der Waals surface area contributed by atoms with Gasteiger partial charge in [-0.3, -0.25) is 0 Å². The molecule has 0 saturated carbocycles. The van der Waals surface area contributed by atoms with E-state index in [2.05, 4.69) is 52.3 Å². The molecule has 5 heterocycles. The van der Waals surface area contributed by atoms with E-state index in [0.717, 1.165) is 6.54 Å². The van der Waals surface area contributed by atoms with Crippen LogP contribution >= 0.6 is 0 Å². The third-order valence-corrected chi connectivity index (χ3v) is 6.24. The largest absolute Gasteiger partial charge is 0.377 e. The SMILES string of the molecule is C1=C2C=[N+]3CCCC/C=C\CCC4=CN(CCC/C=C\CC2)CC/C4=C/1C3. The van der Waals surface area contributed by atoms with Gasteiger partial charge in [-0.1, -0.05) is 24.3 Å².